The molecule has 0 aliphatic heterocycles. The lowest BCUT2D eigenvalue weighted by atomic mass is 10.1. The van der Waals surface area contributed by atoms with E-state index in [2.05, 4.69) is 25.7 Å². The molecule has 0 spiro atoms. The van der Waals surface area contributed by atoms with Gasteiger partial charge in [-0.1, -0.05) is 18.2 Å². The fourth-order valence-electron chi connectivity index (χ4n) is 3.75. The summed E-state index contributed by atoms with van der Waals surface area (Å²) in [7, 11) is 1.58. The van der Waals surface area contributed by atoms with Gasteiger partial charge in [0, 0.05) is 18.2 Å². The molecule has 32 heavy (non-hydrogen) atoms. The number of hydrogen-bond donors (Lipinski definition) is 3. The summed E-state index contributed by atoms with van der Waals surface area (Å²) in [5.41, 5.74) is 2.75. The smallest absolute Gasteiger partial charge is 0.314 e. The topological polar surface area (TPSA) is 131 Å². The van der Waals surface area contributed by atoms with Crippen LogP contribution in [-0.4, -0.2) is 45.2 Å². The van der Waals surface area contributed by atoms with Gasteiger partial charge in [0.1, 0.15) is 11.6 Å². The largest absolute Gasteiger partial charge is 0.496 e. The van der Waals surface area contributed by atoms with Gasteiger partial charge >= 0.3 is 11.8 Å². The number of fused-ring (bicyclic) bond motifs is 1. The third-order valence-electron chi connectivity index (χ3n) is 5.28. The van der Waals surface area contributed by atoms with Crippen molar-refractivity contribution in [3.63, 3.8) is 0 Å². The van der Waals surface area contributed by atoms with Crippen molar-refractivity contribution in [1.29, 1.82) is 0 Å². The van der Waals surface area contributed by atoms with Crippen LogP contribution in [0.1, 0.15) is 28.9 Å². The second-order valence-corrected chi connectivity index (χ2v) is 7.52. The molecule has 1 aliphatic rings. The van der Waals surface area contributed by atoms with Crippen molar-refractivity contribution in [3.05, 3.63) is 63.2 Å². The Balaban J connectivity index is 1.43. The molecule has 3 aromatic rings. The Labute approximate surface area is 184 Å². The fourth-order valence-corrected chi connectivity index (χ4v) is 3.75. The van der Waals surface area contributed by atoms with Crippen molar-refractivity contribution in [2.75, 3.05) is 19.0 Å². The van der Waals surface area contributed by atoms with Crippen LogP contribution < -0.4 is 20.9 Å². The standard InChI is InChI=1S/C22H24N6O4/c1-13-12-18(28(27-13)22-24-16-8-5-7-15(16)19(29)26-22)25-21(31)20(30)23-11-10-14-6-3-4-9-17(14)32-2/h3-4,6,9,12H,5,7-8,10-11H2,1-2H3,(H,23,30)(H,25,31)(H,24,26,29). The maximum atomic E-state index is 12.4. The van der Waals surface area contributed by atoms with Crippen molar-refractivity contribution >= 4 is 17.6 Å². The van der Waals surface area contributed by atoms with Crippen LogP contribution in [0.3, 0.4) is 0 Å². The number of H-pyrrole nitrogens is 1. The number of nitrogens with zero attached hydrogens (tertiary/aromatic N) is 3. The second-order valence-electron chi connectivity index (χ2n) is 7.52. The number of ether oxygens (including phenoxy) is 1. The van der Waals surface area contributed by atoms with E-state index in [9.17, 15) is 14.4 Å². The molecule has 0 fully saturated rings. The number of anilines is 1. The van der Waals surface area contributed by atoms with Crippen molar-refractivity contribution in [2.45, 2.75) is 32.6 Å². The first-order chi connectivity index (χ1) is 15.5. The highest BCUT2D eigenvalue weighted by Gasteiger charge is 2.21. The van der Waals surface area contributed by atoms with Crippen molar-refractivity contribution in [1.82, 2.24) is 25.1 Å². The molecule has 10 nitrogen and oxygen atoms in total. The van der Waals surface area contributed by atoms with Crippen LogP contribution in [0.4, 0.5) is 5.82 Å². The summed E-state index contributed by atoms with van der Waals surface area (Å²) < 4.78 is 6.62. The lowest BCUT2D eigenvalue weighted by molar-refractivity contribution is -0.136. The average molecular weight is 436 g/mol. The molecule has 10 heteroatoms. The van der Waals surface area contributed by atoms with E-state index in [-0.39, 0.29) is 23.9 Å². The zero-order valence-electron chi connectivity index (χ0n) is 17.9. The molecule has 2 heterocycles. The Morgan fingerprint density at radius 3 is 2.84 bits per heavy atom. The lowest BCUT2D eigenvalue weighted by Gasteiger charge is -2.10. The molecule has 0 bridgehead atoms. The van der Waals surface area contributed by atoms with Crippen LogP contribution in [0.2, 0.25) is 0 Å². The van der Waals surface area contributed by atoms with E-state index < -0.39 is 11.8 Å². The van der Waals surface area contributed by atoms with Crippen LogP contribution in [-0.2, 0) is 28.9 Å². The zero-order chi connectivity index (χ0) is 22.7. The Hall–Kier alpha value is -3.95. The molecule has 166 valence electrons. The number of carbonyl (C=O) groups is 2. The first-order valence-corrected chi connectivity index (χ1v) is 10.4. The summed E-state index contributed by atoms with van der Waals surface area (Å²) >= 11 is 0. The molecule has 4 rings (SSSR count). The van der Waals surface area contributed by atoms with E-state index in [1.54, 1.807) is 20.1 Å². The minimum atomic E-state index is -0.838. The minimum absolute atomic E-state index is 0.204. The van der Waals surface area contributed by atoms with Crippen LogP contribution in [0, 0.1) is 6.92 Å². The zero-order valence-corrected chi connectivity index (χ0v) is 17.9. The first kappa shape index (κ1) is 21.3. The highest BCUT2D eigenvalue weighted by Crippen LogP contribution is 2.19. The summed E-state index contributed by atoms with van der Waals surface area (Å²) in [5, 5.41) is 9.46. The molecular formula is C22H24N6O4. The van der Waals surface area contributed by atoms with Gasteiger partial charge in [0.05, 0.1) is 18.5 Å². The van der Waals surface area contributed by atoms with E-state index in [1.807, 2.05) is 24.3 Å². The highest BCUT2D eigenvalue weighted by atomic mass is 16.5. The van der Waals surface area contributed by atoms with Gasteiger partial charge in [0.2, 0.25) is 5.95 Å². The van der Waals surface area contributed by atoms with Crippen LogP contribution in [0.15, 0.2) is 35.1 Å². The van der Waals surface area contributed by atoms with Gasteiger partial charge in [-0.25, -0.2) is 4.98 Å². The minimum Gasteiger partial charge on any atom is -0.496 e. The number of nitrogens with one attached hydrogen (secondary N) is 3. The third-order valence-corrected chi connectivity index (χ3v) is 5.28. The maximum Gasteiger partial charge on any atom is 0.314 e. The van der Waals surface area contributed by atoms with Gasteiger partial charge in [0.15, 0.2) is 0 Å². The Bertz CT molecular complexity index is 1230. The van der Waals surface area contributed by atoms with E-state index >= 15 is 0 Å². The monoisotopic (exact) mass is 436 g/mol. The molecular weight excluding hydrogens is 412 g/mol. The molecule has 0 unspecified atom stereocenters. The summed E-state index contributed by atoms with van der Waals surface area (Å²) in [6.45, 7) is 2.01. The summed E-state index contributed by atoms with van der Waals surface area (Å²) in [6, 6.07) is 9.09. The van der Waals surface area contributed by atoms with Gasteiger partial charge in [-0.15, -0.1) is 0 Å². The number of amides is 2. The maximum absolute atomic E-state index is 12.4. The average Bonchev–Trinajstić information content (AvgIpc) is 3.40. The van der Waals surface area contributed by atoms with Crippen LogP contribution in [0.5, 0.6) is 5.75 Å². The SMILES string of the molecule is COc1ccccc1CCNC(=O)C(=O)Nc1cc(C)nn1-c1nc2c(c(=O)[nH]1)CCC2. The number of para-hydroxylation sites is 1. The predicted octanol–water partition coefficient (Wildman–Crippen LogP) is 1.06. The third kappa shape index (κ3) is 4.39. The van der Waals surface area contributed by atoms with E-state index in [0.29, 0.717) is 24.1 Å². The lowest BCUT2D eigenvalue weighted by Crippen LogP contribution is -2.37. The van der Waals surface area contributed by atoms with Gasteiger partial charge < -0.3 is 15.4 Å². The number of benzene rings is 1. The number of aromatic amines is 1. The van der Waals surface area contributed by atoms with Gasteiger partial charge in [0.25, 0.3) is 5.56 Å². The number of aromatic nitrogens is 4. The van der Waals surface area contributed by atoms with Crippen LogP contribution >= 0.6 is 0 Å². The van der Waals surface area contributed by atoms with Crippen molar-refractivity contribution < 1.29 is 14.3 Å². The molecule has 0 saturated heterocycles. The Morgan fingerprint density at radius 2 is 2.03 bits per heavy atom. The first-order valence-electron chi connectivity index (χ1n) is 10.4. The molecule has 0 atom stereocenters. The van der Waals surface area contributed by atoms with Crippen LogP contribution in [0.25, 0.3) is 5.95 Å². The fraction of sp³-hybridized carbons (Fsp3) is 0.318. The van der Waals surface area contributed by atoms with Crippen molar-refractivity contribution in [2.24, 2.45) is 0 Å². The Kier molecular flexibility index (Phi) is 6.02. The molecule has 0 radical (unpaired) electrons. The van der Waals surface area contributed by atoms with Gasteiger partial charge in [-0.05, 0) is 44.2 Å². The molecule has 3 N–H and O–H groups in total. The predicted molar refractivity (Wildman–Crippen MR) is 117 cm³/mol. The molecule has 1 aromatic carbocycles. The number of carbonyl (C=O) groups excluding carboxylic acids is 2. The van der Waals surface area contributed by atoms with E-state index in [4.69, 9.17) is 4.74 Å². The van der Waals surface area contributed by atoms with Gasteiger partial charge in [-0.3, -0.25) is 19.4 Å². The number of aryl methyl sites for hydroxylation is 2. The highest BCUT2D eigenvalue weighted by molar-refractivity contribution is 6.39. The number of rotatable bonds is 6. The molecule has 0 saturated carbocycles. The second kappa shape index (κ2) is 9.04. The van der Waals surface area contributed by atoms with Crippen molar-refractivity contribution in [3.8, 4) is 11.7 Å². The van der Waals surface area contributed by atoms with E-state index in [1.165, 1.54) is 4.68 Å². The summed E-state index contributed by atoms with van der Waals surface area (Å²) in [4.78, 5) is 44.3. The van der Waals surface area contributed by atoms with E-state index in [0.717, 1.165) is 29.8 Å². The number of hydrogen-bond acceptors (Lipinski definition) is 6. The quantitative estimate of drug-likeness (QED) is 0.495. The van der Waals surface area contributed by atoms with Gasteiger partial charge in [-0.2, -0.15) is 9.78 Å². The molecule has 1 aliphatic carbocycles. The normalized spacial score (nSPS) is 12.3. The summed E-state index contributed by atoms with van der Waals surface area (Å²) in [5.74, 6) is -0.444. The molecule has 2 amide bonds. The summed E-state index contributed by atoms with van der Waals surface area (Å²) in [6.07, 6.45) is 2.82. The molecule has 2 aromatic heterocycles. The Morgan fingerprint density at radius 1 is 1.22 bits per heavy atom. The number of methoxy groups -OCH3 is 1.